The van der Waals surface area contributed by atoms with E-state index in [1.807, 2.05) is 23.1 Å². The number of rotatable bonds is 3. The maximum Gasteiger partial charge on any atom is 0.415 e. The predicted octanol–water partition coefficient (Wildman–Crippen LogP) is 2.65. The smallest absolute Gasteiger partial charge is 0.410 e. The number of ether oxygens (including phenoxy) is 1. The lowest BCUT2D eigenvalue weighted by atomic mass is 10.1. The Morgan fingerprint density at radius 2 is 2.05 bits per heavy atom. The van der Waals surface area contributed by atoms with Crippen molar-refractivity contribution >= 4 is 6.09 Å². The van der Waals surface area contributed by atoms with Crippen LogP contribution in [0, 0.1) is 0 Å². The van der Waals surface area contributed by atoms with E-state index in [-0.39, 0.29) is 12.1 Å². The lowest BCUT2D eigenvalue weighted by Crippen LogP contribution is -2.58. The maximum atomic E-state index is 12.3. The molecule has 1 aromatic rings. The molecule has 0 spiro atoms. The molecule has 104 valence electrons. The van der Waals surface area contributed by atoms with Crippen molar-refractivity contribution < 1.29 is 9.53 Å². The van der Waals surface area contributed by atoms with E-state index in [1.165, 1.54) is 0 Å². The van der Waals surface area contributed by atoms with Gasteiger partial charge in [0.15, 0.2) is 0 Å². The highest BCUT2D eigenvalue weighted by atomic mass is 16.6. The van der Waals surface area contributed by atoms with Crippen LogP contribution in [0.5, 0.6) is 5.75 Å². The van der Waals surface area contributed by atoms with Crippen LogP contribution in [-0.2, 0) is 0 Å². The molecule has 1 N–H and O–H groups in total. The Morgan fingerprint density at radius 3 is 2.68 bits per heavy atom. The van der Waals surface area contributed by atoms with Gasteiger partial charge in [0.25, 0.3) is 0 Å². The first-order valence-corrected chi connectivity index (χ1v) is 7.01. The van der Waals surface area contributed by atoms with Crippen LogP contribution < -0.4 is 10.1 Å². The number of benzene rings is 1. The molecule has 1 heterocycles. The van der Waals surface area contributed by atoms with Gasteiger partial charge in [-0.25, -0.2) is 4.79 Å². The van der Waals surface area contributed by atoms with E-state index >= 15 is 0 Å². The van der Waals surface area contributed by atoms with Crippen molar-refractivity contribution in [3.05, 3.63) is 30.3 Å². The SMILES string of the molecule is CCC1CN(C(=O)Oc2ccccc2)C(CC)CN1. The van der Waals surface area contributed by atoms with E-state index in [1.54, 1.807) is 12.1 Å². The zero-order valence-electron chi connectivity index (χ0n) is 11.6. The van der Waals surface area contributed by atoms with Crippen LogP contribution in [-0.4, -0.2) is 36.2 Å². The Bertz CT molecular complexity index is 408. The van der Waals surface area contributed by atoms with Gasteiger partial charge in [-0.1, -0.05) is 32.0 Å². The molecular formula is C15H22N2O2. The lowest BCUT2D eigenvalue weighted by Gasteiger charge is -2.39. The van der Waals surface area contributed by atoms with Crippen LogP contribution in [0.1, 0.15) is 26.7 Å². The minimum absolute atomic E-state index is 0.221. The van der Waals surface area contributed by atoms with Crippen LogP contribution in [0.25, 0.3) is 0 Å². The van der Waals surface area contributed by atoms with Gasteiger partial charge >= 0.3 is 6.09 Å². The normalized spacial score (nSPS) is 23.2. The van der Waals surface area contributed by atoms with Crippen molar-refractivity contribution in [1.82, 2.24) is 10.2 Å². The first-order chi connectivity index (χ1) is 9.24. The van der Waals surface area contributed by atoms with Gasteiger partial charge in [0.05, 0.1) is 0 Å². The second kappa shape index (κ2) is 6.57. The Morgan fingerprint density at radius 1 is 1.32 bits per heavy atom. The van der Waals surface area contributed by atoms with Crippen LogP contribution in [0.2, 0.25) is 0 Å². The number of hydrogen-bond donors (Lipinski definition) is 1. The second-order valence-corrected chi connectivity index (χ2v) is 4.91. The molecule has 1 aromatic carbocycles. The number of para-hydroxylation sites is 1. The standard InChI is InChI=1S/C15H22N2O2/c1-3-12-11-17(13(4-2)10-16-12)15(18)19-14-8-6-5-7-9-14/h5-9,12-13,16H,3-4,10-11H2,1-2H3. The molecule has 1 saturated heterocycles. The minimum atomic E-state index is -0.238. The van der Waals surface area contributed by atoms with E-state index in [0.717, 1.165) is 25.9 Å². The summed E-state index contributed by atoms with van der Waals surface area (Å²) in [5.74, 6) is 0.605. The summed E-state index contributed by atoms with van der Waals surface area (Å²) < 4.78 is 5.44. The Hall–Kier alpha value is -1.55. The summed E-state index contributed by atoms with van der Waals surface area (Å²) in [6.45, 7) is 5.80. The molecule has 0 aliphatic carbocycles. The fourth-order valence-corrected chi connectivity index (χ4v) is 2.37. The first kappa shape index (κ1) is 13.9. The summed E-state index contributed by atoms with van der Waals surface area (Å²) in [4.78, 5) is 14.1. The van der Waals surface area contributed by atoms with E-state index < -0.39 is 0 Å². The van der Waals surface area contributed by atoms with Gasteiger partial charge in [-0.3, -0.25) is 0 Å². The summed E-state index contributed by atoms with van der Waals surface area (Å²) >= 11 is 0. The molecule has 4 heteroatoms. The highest BCUT2D eigenvalue weighted by Gasteiger charge is 2.30. The van der Waals surface area contributed by atoms with E-state index in [9.17, 15) is 4.79 Å². The molecule has 0 saturated carbocycles. The topological polar surface area (TPSA) is 41.6 Å². The average molecular weight is 262 g/mol. The monoisotopic (exact) mass is 262 g/mol. The summed E-state index contributed by atoms with van der Waals surface area (Å²) in [5.41, 5.74) is 0. The van der Waals surface area contributed by atoms with E-state index in [0.29, 0.717) is 11.8 Å². The Kier molecular flexibility index (Phi) is 4.80. The lowest BCUT2D eigenvalue weighted by molar-refractivity contribution is 0.102. The van der Waals surface area contributed by atoms with Gasteiger partial charge in [-0.15, -0.1) is 0 Å². The molecule has 0 bridgehead atoms. The predicted molar refractivity (Wildman–Crippen MR) is 75.3 cm³/mol. The summed E-state index contributed by atoms with van der Waals surface area (Å²) in [6, 6.07) is 9.84. The maximum absolute atomic E-state index is 12.3. The quantitative estimate of drug-likeness (QED) is 0.910. The highest BCUT2D eigenvalue weighted by molar-refractivity contribution is 5.71. The average Bonchev–Trinajstić information content (AvgIpc) is 2.47. The number of amides is 1. The third-order valence-corrected chi connectivity index (χ3v) is 3.65. The van der Waals surface area contributed by atoms with Crippen molar-refractivity contribution in [2.24, 2.45) is 0 Å². The van der Waals surface area contributed by atoms with E-state index in [2.05, 4.69) is 19.2 Å². The first-order valence-electron chi connectivity index (χ1n) is 7.01. The third kappa shape index (κ3) is 3.47. The molecule has 19 heavy (non-hydrogen) atoms. The zero-order chi connectivity index (χ0) is 13.7. The molecule has 2 unspecified atom stereocenters. The molecule has 1 fully saturated rings. The summed E-state index contributed by atoms with van der Waals surface area (Å²) in [6.07, 6.45) is 1.72. The number of piperazine rings is 1. The highest BCUT2D eigenvalue weighted by Crippen LogP contribution is 2.16. The van der Waals surface area contributed by atoms with Crippen molar-refractivity contribution in [2.45, 2.75) is 38.8 Å². The molecule has 1 aliphatic heterocycles. The largest absolute Gasteiger partial charge is 0.415 e. The number of nitrogens with one attached hydrogen (secondary N) is 1. The van der Waals surface area contributed by atoms with Crippen molar-refractivity contribution in [3.8, 4) is 5.75 Å². The van der Waals surface area contributed by atoms with Crippen LogP contribution in [0.15, 0.2) is 30.3 Å². The minimum Gasteiger partial charge on any atom is -0.410 e. The molecule has 4 nitrogen and oxygen atoms in total. The molecule has 0 radical (unpaired) electrons. The summed E-state index contributed by atoms with van der Waals surface area (Å²) in [5, 5.41) is 3.47. The number of carbonyl (C=O) groups is 1. The van der Waals surface area contributed by atoms with Gasteiger partial charge in [0.2, 0.25) is 0 Å². The Balaban J connectivity index is 2.02. The second-order valence-electron chi connectivity index (χ2n) is 4.91. The number of hydrogen-bond acceptors (Lipinski definition) is 3. The molecule has 1 amide bonds. The van der Waals surface area contributed by atoms with Crippen LogP contribution in [0.4, 0.5) is 4.79 Å². The van der Waals surface area contributed by atoms with Crippen LogP contribution >= 0.6 is 0 Å². The van der Waals surface area contributed by atoms with Crippen molar-refractivity contribution in [3.63, 3.8) is 0 Å². The van der Waals surface area contributed by atoms with Gasteiger partial charge in [-0.2, -0.15) is 0 Å². The molecule has 2 atom stereocenters. The van der Waals surface area contributed by atoms with Gasteiger partial charge in [-0.05, 0) is 25.0 Å². The molecule has 0 aromatic heterocycles. The number of nitrogens with zero attached hydrogens (tertiary/aromatic N) is 1. The molecule has 2 rings (SSSR count). The van der Waals surface area contributed by atoms with Gasteiger partial charge in [0.1, 0.15) is 5.75 Å². The fraction of sp³-hybridized carbons (Fsp3) is 0.533. The van der Waals surface area contributed by atoms with Crippen LogP contribution in [0.3, 0.4) is 0 Å². The summed E-state index contributed by atoms with van der Waals surface area (Å²) in [7, 11) is 0. The number of carbonyl (C=O) groups excluding carboxylic acids is 1. The molecule has 1 aliphatic rings. The fourth-order valence-electron chi connectivity index (χ4n) is 2.37. The zero-order valence-corrected chi connectivity index (χ0v) is 11.6. The Labute approximate surface area is 114 Å². The van der Waals surface area contributed by atoms with Crippen molar-refractivity contribution in [1.29, 1.82) is 0 Å². The van der Waals surface area contributed by atoms with Crippen molar-refractivity contribution in [2.75, 3.05) is 13.1 Å². The third-order valence-electron chi connectivity index (χ3n) is 3.65. The molecular weight excluding hydrogens is 240 g/mol. The van der Waals surface area contributed by atoms with Gasteiger partial charge in [0, 0.05) is 25.2 Å². The van der Waals surface area contributed by atoms with Gasteiger partial charge < -0.3 is 15.0 Å². The van der Waals surface area contributed by atoms with E-state index in [4.69, 9.17) is 4.74 Å².